The first-order valence-electron chi connectivity index (χ1n) is 4.72. The minimum absolute atomic E-state index is 0.0865. The van der Waals surface area contributed by atoms with Gasteiger partial charge in [-0.05, 0) is 12.4 Å². The number of hydrogen-bond acceptors (Lipinski definition) is 3. The molecule has 0 aromatic heterocycles. The molecule has 0 rings (SSSR count). The Balaban J connectivity index is 4.87. The summed E-state index contributed by atoms with van der Waals surface area (Å²) in [6.07, 6.45) is -4.83. The van der Waals surface area contributed by atoms with Crippen LogP contribution in [0.25, 0.3) is 0 Å². The van der Waals surface area contributed by atoms with E-state index in [-0.39, 0.29) is 19.6 Å². The van der Waals surface area contributed by atoms with Crippen LogP contribution in [0.4, 0.5) is 13.2 Å². The number of carbonyl (C=O) groups is 1. The third kappa shape index (κ3) is 4.59. The second-order valence-electron chi connectivity index (χ2n) is 3.56. The smallest absolute Gasteiger partial charge is 0.383 e. The lowest BCUT2D eigenvalue weighted by Gasteiger charge is -2.43. The minimum atomic E-state index is -4.74. The van der Waals surface area contributed by atoms with Crippen LogP contribution in [0, 0.1) is 0 Å². The SMILES string of the molecule is [B]C([B])(C(NC=O)C(F)(F)F)N(C)CCOC. The average Bonchev–Trinajstić information content (AvgIpc) is 2.20. The molecule has 0 bridgehead atoms. The minimum Gasteiger partial charge on any atom is -0.383 e. The maximum atomic E-state index is 12.6. The van der Waals surface area contributed by atoms with E-state index in [2.05, 4.69) is 0 Å². The van der Waals surface area contributed by atoms with Gasteiger partial charge in [0.1, 0.15) is 6.04 Å². The Morgan fingerprint density at radius 3 is 2.35 bits per heavy atom. The summed E-state index contributed by atoms with van der Waals surface area (Å²) in [7, 11) is 13.6. The number of alkyl halides is 3. The molecule has 0 heterocycles. The van der Waals surface area contributed by atoms with Crippen molar-refractivity contribution in [2.75, 3.05) is 27.3 Å². The molecule has 4 radical (unpaired) electrons. The van der Waals surface area contributed by atoms with Crippen molar-refractivity contribution >= 4 is 22.1 Å². The molecule has 0 spiro atoms. The van der Waals surface area contributed by atoms with Gasteiger partial charge in [-0.3, -0.25) is 4.79 Å². The molecule has 4 nitrogen and oxygen atoms in total. The lowest BCUT2D eigenvalue weighted by molar-refractivity contribution is -0.169. The zero-order chi connectivity index (χ0) is 13.7. The number of ether oxygens (including phenoxy) is 1. The van der Waals surface area contributed by atoms with E-state index in [1.54, 1.807) is 5.32 Å². The van der Waals surface area contributed by atoms with Gasteiger partial charge >= 0.3 is 6.18 Å². The van der Waals surface area contributed by atoms with Crippen molar-refractivity contribution in [1.29, 1.82) is 0 Å². The Hall–Kier alpha value is -0.690. The molecule has 1 amide bonds. The number of halogens is 3. The normalized spacial score (nSPS) is 14.7. The van der Waals surface area contributed by atoms with E-state index in [1.807, 2.05) is 0 Å². The van der Waals surface area contributed by atoms with Gasteiger partial charge in [0, 0.05) is 13.7 Å². The molecule has 0 aliphatic carbocycles. The Morgan fingerprint density at radius 2 is 2.00 bits per heavy atom. The van der Waals surface area contributed by atoms with Crippen LogP contribution < -0.4 is 5.32 Å². The first-order valence-corrected chi connectivity index (χ1v) is 4.72. The van der Waals surface area contributed by atoms with E-state index in [4.69, 9.17) is 20.4 Å². The lowest BCUT2D eigenvalue weighted by atomic mass is 9.56. The van der Waals surface area contributed by atoms with Crippen LogP contribution in [0.15, 0.2) is 0 Å². The summed E-state index contributed by atoms with van der Waals surface area (Å²) in [6.45, 7) is 0.259. The van der Waals surface area contributed by atoms with Gasteiger partial charge in [-0.1, -0.05) is 0 Å². The number of hydrogen-bond donors (Lipinski definition) is 1. The van der Waals surface area contributed by atoms with Crippen molar-refractivity contribution in [3.05, 3.63) is 0 Å². The van der Waals surface area contributed by atoms with Crippen molar-refractivity contribution < 1.29 is 22.7 Å². The van der Waals surface area contributed by atoms with E-state index in [1.165, 1.54) is 14.2 Å². The molecule has 0 aromatic rings. The van der Waals surface area contributed by atoms with Crippen molar-refractivity contribution in [2.45, 2.75) is 17.6 Å². The second kappa shape index (κ2) is 6.30. The third-order valence-electron chi connectivity index (χ3n) is 2.32. The van der Waals surface area contributed by atoms with Crippen LogP contribution >= 0.6 is 0 Å². The van der Waals surface area contributed by atoms with Gasteiger partial charge in [0.25, 0.3) is 0 Å². The monoisotopic (exact) mass is 248 g/mol. The molecule has 94 valence electrons. The van der Waals surface area contributed by atoms with Crippen LogP contribution in [0.2, 0.25) is 0 Å². The van der Waals surface area contributed by atoms with Crippen LogP contribution in [-0.2, 0) is 9.53 Å². The molecular formula is C8H13B2F3N2O2. The van der Waals surface area contributed by atoms with Gasteiger partial charge in [-0.15, -0.1) is 0 Å². The van der Waals surface area contributed by atoms with Crippen molar-refractivity contribution in [1.82, 2.24) is 10.2 Å². The highest BCUT2D eigenvalue weighted by Crippen LogP contribution is 2.27. The number of carbonyl (C=O) groups excluding carboxylic acids is 1. The maximum Gasteiger partial charge on any atom is 0.408 e. The van der Waals surface area contributed by atoms with E-state index in [0.29, 0.717) is 0 Å². The van der Waals surface area contributed by atoms with Crippen LogP contribution in [-0.4, -0.2) is 71.9 Å². The first kappa shape index (κ1) is 16.3. The molecule has 1 unspecified atom stereocenters. The highest BCUT2D eigenvalue weighted by molar-refractivity contribution is 6.40. The summed E-state index contributed by atoms with van der Waals surface area (Å²) in [6, 6.07) is -2.37. The predicted molar refractivity (Wildman–Crippen MR) is 57.8 cm³/mol. The summed E-state index contributed by atoms with van der Waals surface area (Å²) in [5.41, 5.74) is 0. The van der Waals surface area contributed by atoms with Crippen LogP contribution in [0.5, 0.6) is 0 Å². The first-order chi connectivity index (χ1) is 7.67. The molecule has 0 fully saturated rings. The van der Waals surface area contributed by atoms with E-state index in [9.17, 15) is 18.0 Å². The van der Waals surface area contributed by atoms with Gasteiger partial charge in [0.15, 0.2) is 0 Å². The number of nitrogens with one attached hydrogen (secondary N) is 1. The standard InChI is InChI=1S/C8H13B2F3N2O2/c1-15(3-4-17-2)7(9,10)6(14-5-16)8(11,12)13/h5-6H,3-4H2,1-2H3,(H,14,16). The van der Waals surface area contributed by atoms with Crippen molar-refractivity contribution in [3.8, 4) is 0 Å². The molecule has 1 N–H and O–H groups in total. The predicted octanol–water partition coefficient (Wildman–Crippen LogP) is -0.768. The fraction of sp³-hybridized carbons (Fsp3) is 0.875. The molecule has 17 heavy (non-hydrogen) atoms. The Kier molecular flexibility index (Phi) is 6.04. The van der Waals surface area contributed by atoms with Gasteiger partial charge in [0.2, 0.25) is 6.41 Å². The zero-order valence-electron chi connectivity index (χ0n) is 9.62. The zero-order valence-corrected chi connectivity index (χ0v) is 9.62. The summed E-state index contributed by atoms with van der Waals surface area (Å²) >= 11 is 0. The fourth-order valence-electron chi connectivity index (χ4n) is 1.20. The molecule has 0 aliphatic heterocycles. The number of methoxy groups -OCH3 is 1. The molecule has 0 saturated carbocycles. The van der Waals surface area contributed by atoms with E-state index >= 15 is 0 Å². The Bertz CT molecular complexity index is 251. The quantitative estimate of drug-likeness (QED) is 0.475. The van der Waals surface area contributed by atoms with Gasteiger partial charge in [0.05, 0.1) is 22.3 Å². The Morgan fingerprint density at radius 1 is 1.47 bits per heavy atom. The fourth-order valence-corrected chi connectivity index (χ4v) is 1.20. The highest BCUT2D eigenvalue weighted by Gasteiger charge is 2.49. The Labute approximate surface area is 101 Å². The third-order valence-corrected chi connectivity index (χ3v) is 2.32. The summed E-state index contributed by atoms with van der Waals surface area (Å²) in [5.74, 6) is 0. The topological polar surface area (TPSA) is 41.6 Å². The van der Waals surface area contributed by atoms with Crippen LogP contribution in [0.1, 0.15) is 0 Å². The van der Waals surface area contributed by atoms with Gasteiger partial charge in [-0.25, -0.2) is 0 Å². The number of nitrogens with zero attached hydrogens (tertiary/aromatic N) is 1. The molecular weight excluding hydrogens is 235 g/mol. The van der Waals surface area contributed by atoms with Crippen LogP contribution in [0.3, 0.4) is 0 Å². The lowest BCUT2D eigenvalue weighted by Crippen LogP contribution is -2.67. The summed E-state index contributed by atoms with van der Waals surface area (Å²) in [5, 5.41) is -0.670. The highest BCUT2D eigenvalue weighted by atomic mass is 19.4. The van der Waals surface area contributed by atoms with Gasteiger partial charge < -0.3 is 15.0 Å². The number of amides is 1. The molecule has 0 aliphatic rings. The van der Waals surface area contributed by atoms with Gasteiger partial charge in [-0.2, -0.15) is 13.2 Å². The molecule has 0 saturated heterocycles. The molecule has 9 heteroatoms. The van der Waals surface area contributed by atoms with Crippen molar-refractivity contribution in [2.24, 2.45) is 0 Å². The average molecular weight is 248 g/mol. The van der Waals surface area contributed by atoms with E-state index < -0.39 is 17.6 Å². The maximum absolute atomic E-state index is 12.6. The molecule has 1 atom stereocenters. The van der Waals surface area contributed by atoms with E-state index in [0.717, 1.165) is 4.90 Å². The number of likely N-dealkylation sites (N-methyl/N-ethyl adjacent to an activating group) is 1. The van der Waals surface area contributed by atoms with Crippen molar-refractivity contribution in [3.63, 3.8) is 0 Å². The largest absolute Gasteiger partial charge is 0.408 e. The molecule has 0 aromatic carbocycles. The summed E-state index contributed by atoms with van der Waals surface area (Å²) in [4.78, 5) is 11.2. The number of rotatable bonds is 7. The second-order valence-corrected chi connectivity index (χ2v) is 3.56. The summed E-state index contributed by atoms with van der Waals surface area (Å²) < 4.78 is 42.6.